The van der Waals surface area contributed by atoms with Crippen molar-refractivity contribution in [2.24, 2.45) is 5.92 Å². The Kier molecular flexibility index (Phi) is 10.3. The molecule has 0 aliphatic heterocycles. The summed E-state index contributed by atoms with van der Waals surface area (Å²) in [5.41, 5.74) is 8.98. The topological polar surface area (TPSA) is 50.1 Å². The summed E-state index contributed by atoms with van der Waals surface area (Å²) in [6, 6.07) is 16.5. The number of ketones is 1. The summed E-state index contributed by atoms with van der Waals surface area (Å²) in [6.45, 7) is 11.3. The van der Waals surface area contributed by atoms with E-state index in [-0.39, 0.29) is 13.1 Å². The zero-order valence-electron chi connectivity index (χ0n) is 22.5. The Morgan fingerprint density at radius 3 is 2.44 bits per heavy atom. The zero-order valence-corrected chi connectivity index (χ0v) is 22.5. The molecule has 2 aromatic rings. The Labute approximate surface area is 219 Å². The van der Waals surface area contributed by atoms with Crippen LogP contribution >= 0.6 is 0 Å². The van der Waals surface area contributed by atoms with Gasteiger partial charge in [-0.2, -0.15) is 5.26 Å². The summed E-state index contributed by atoms with van der Waals surface area (Å²) in [4.78, 5) is 13.7. The number of allylic oxidation sites excluding steroid dienone is 2. The molecule has 1 aliphatic rings. The molecule has 0 N–H and O–H groups in total. The standard InChI is InChI=1S/C33H41NO2.H2/c1-6-26(7-2)32(19-23(3)22-36-5)31-20-30(14-11-24(31)4)33(35)29-10-8-9-27(17-18-29)28-15-12-25(21-34)13-16-28;/h11-16,20,27,29H,3,6-10,17-19,22H2,1-2,4-5H3;1H. The van der Waals surface area contributed by atoms with Gasteiger partial charge in [0.05, 0.1) is 18.2 Å². The largest absolute Gasteiger partial charge is 0.380 e. The Morgan fingerprint density at radius 1 is 1.08 bits per heavy atom. The average molecular weight is 486 g/mol. The number of carbonyl (C=O) groups is 1. The van der Waals surface area contributed by atoms with Crippen molar-refractivity contribution in [1.29, 1.82) is 5.26 Å². The number of hydrogen-bond acceptors (Lipinski definition) is 3. The number of methoxy groups -OCH3 is 1. The van der Waals surface area contributed by atoms with Crippen molar-refractivity contribution in [2.45, 2.75) is 78.1 Å². The lowest BCUT2D eigenvalue weighted by Crippen LogP contribution is -2.15. The molecule has 1 saturated carbocycles. The van der Waals surface area contributed by atoms with Crippen molar-refractivity contribution in [3.8, 4) is 6.07 Å². The molecule has 3 nitrogen and oxygen atoms in total. The number of rotatable bonds is 10. The third-order valence-corrected chi connectivity index (χ3v) is 7.75. The SMILES string of the molecule is C=C(COC)CC(=C(CC)CC)c1cc(C(=O)C2CCCC(c3ccc(C#N)cc3)CC2)ccc1C.[HH]. The molecule has 0 aromatic heterocycles. The third-order valence-electron chi connectivity index (χ3n) is 7.75. The summed E-state index contributed by atoms with van der Waals surface area (Å²) < 4.78 is 5.33. The van der Waals surface area contributed by atoms with E-state index >= 15 is 0 Å². The fourth-order valence-corrected chi connectivity index (χ4v) is 5.66. The second kappa shape index (κ2) is 13.4. The van der Waals surface area contributed by atoms with Gasteiger partial charge in [-0.15, -0.1) is 0 Å². The number of nitriles is 1. The molecule has 2 aromatic carbocycles. The van der Waals surface area contributed by atoms with Crippen LogP contribution in [0.4, 0.5) is 0 Å². The van der Waals surface area contributed by atoms with E-state index in [0.717, 1.165) is 62.5 Å². The van der Waals surface area contributed by atoms with Crippen LogP contribution in [0.1, 0.15) is 105 Å². The van der Waals surface area contributed by atoms with Crippen LogP contribution in [-0.2, 0) is 4.74 Å². The summed E-state index contributed by atoms with van der Waals surface area (Å²) in [5, 5.41) is 9.08. The fraction of sp³-hybridized carbons (Fsp3) is 0.455. The van der Waals surface area contributed by atoms with Gasteiger partial charge < -0.3 is 4.74 Å². The summed E-state index contributed by atoms with van der Waals surface area (Å²) in [5.74, 6) is 0.806. The minimum Gasteiger partial charge on any atom is -0.380 e. The molecule has 3 heteroatoms. The molecular weight excluding hydrogens is 442 g/mol. The monoisotopic (exact) mass is 485 g/mol. The van der Waals surface area contributed by atoms with E-state index < -0.39 is 0 Å². The van der Waals surface area contributed by atoms with Crippen molar-refractivity contribution < 1.29 is 11.0 Å². The lowest BCUT2D eigenvalue weighted by molar-refractivity contribution is 0.0907. The molecule has 0 saturated heterocycles. The van der Waals surface area contributed by atoms with Gasteiger partial charge in [0.25, 0.3) is 0 Å². The van der Waals surface area contributed by atoms with Crippen LogP contribution < -0.4 is 0 Å². The van der Waals surface area contributed by atoms with E-state index in [0.29, 0.717) is 18.1 Å². The molecule has 2 unspecified atom stereocenters. The normalized spacial score (nSPS) is 17.6. The summed E-state index contributed by atoms with van der Waals surface area (Å²) in [7, 11) is 1.71. The van der Waals surface area contributed by atoms with Crippen LogP contribution in [0.5, 0.6) is 0 Å². The molecule has 36 heavy (non-hydrogen) atoms. The van der Waals surface area contributed by atoms with Crippen LogP contribution in [0.15, 0.2) is 60.2 Å². The first-order valence-corrected chi connectivity index (χ1v) is 13.4. The molecule has 0 spiro atoms. The van der Waals surface area contributed by atoms with Gasteiger partial charge in [0.15, 0.2) is 5.78 Å². The van der Waals surface area contributed by atoms with Crippen molar-refractivity contribution in [3.63, 3.8) is 0 Å². The molecule has 192 valence electrons. The first-order chi connectivity index (χ1) is 17.4. The first kappa shape index (κ1) is 27.6. The van der Waals surface area contributed by atoms with Crippen molar-refractivity contribution in [3.05, 3.63) is 88.0 Å². The second-order valence-corrected chi connectivity index (χ2v) is 10.2. The van der Waals surface area contributed by atoms with Crippen LogP contribution in [0.3, 0.4) is 0 Å². The Hall–Kier alpha value is -2.96. The first-order valence-electron chi connectivity index (χ1n) is 13.4. The highest BCUT2D eigenvalue weighted by Crippen LogP contribution is 2.37. The average Bonchev–Trinajstić information content (AvgIpc) is 3.15. The zero-order chi connectivity index (χ0) is 26.1. The quantitative estimate of drug-likeness (QED) is 0.192. The highest BCUT2D eigenvalue weighted by molar-refractivity contribution is 5.99. The highest BCUT2D eigenvalue weighted by atomic mass is 16.5. The molecule has 0 heterocycles. The van der Waals surface area contributed by atoms with Crippen molar-refractivity contribution in [2.75, 3.05) is 13.7 Å². The number of Topliss-reactive ketones (excluding diaryl/α,β-unsaturated/α-hetero) is 1. The predicted molar refractivity (Wildman–Crippen MR) is 151 cm³/mol. The van der Waals surface area contributed by atoms with Gasteiger partial charge in [-0.05, 0) is 104 Å². The number of hydrogen-bond donors (Lipinski definition) is 0. The predicted octanol–water partition coefficient (Wildman–Crippen LogP) is 8.83. The smallest absolute Gasteiger partial charge is 0.165 e. The summed E-state index contributed by atoms with van der Waals surface area (Å²) >= 11 is 0. The van der Waals surface area contributed by atoms with Crippen molar-refractivity contribution in [1.82, 2.24) is 0 Å². The van der Waals surface area contributed by atoms with E-state index in [1.54, 1.807) is 7.11 Å². The van der Waals surface area contributed by atoms with Crippen molar-refractivity contribution >= 4 is 11.4 Å². The molecule has 3 rings (SSSR count). The van der Waals surface area contributed by atoms with Gasteiger partial charge in [-0.3, -0.25) is 4.79 Å². The van der Waals surface area contributed by atoms with Crippen LogP contribution in [0.2, 0.25) is 0 Å². The van der Waals surface area contributed by atoms with Gasteiger partial charge in [0.1, 0.15) is 0 Å². The molecule has 2 atom stereocenters. The van der Waals surface area contributed by atoms with E-state index in [1.807, 2.05) is 18.2 Å². The molecule has 0 amide bonds. The fourth-order valence-electron chi connectivity index (χ4n) is 5.66. The van der Waals surface area contributed by atoms with Gasteiger partial charge >= 0.3 is 0 Å². The number of aryl methyl sites for hydroxylation is 1. The third kappa shape index (κ3) is 6.83. The van der Waals surface area contributed by atoms with Gasteiger partial charge in [-0.25, -0.2) is 0 Å². The Balaban J connectivity index is 0.00000481. The molecule has 0 bridgehead atoms. The lowest BCUT2D eigenvalue weighted by Gasteiger charge is -2.20. The van der Waals surface area contributed by atoms with E-state index in [9.17, 15) is 4.79 Å². The van der Waals surface area contributed by atoms with E-state index in [4.69, 9.17) is 10.00 Å². The van der Waals surface area contributed by atoms with E-state index in [1.165, 1.54) is 27.8 Å². The maximum absolute atomic E-state index is 13.7. The van der Waals surface area contributed by atoms with Crippen LogP contribution in [0.25, 0.3) is 5.57 Å². The molecule has 1 aliphatic carbocycles. The molecule has 1 fully saturated rings. The minimum atomic E-state index is 0. The maximum Gasteiger partial charge on any atom is 0.165 e. The maximum atomic E-state index is 13.7. The molecular formula is C33H43NO2. The van der Waals surface area contributed by atoms with Crippen LogP contribution in [-0.4, -0.2) is 19.5 Å². The van der Waals surface area contributed by atoms with Gasteiger partial charge in [0, 0.05) is 20.0 Å². The number of carbonyl (C=O) groups excluding carboxylic acids is 1. The summed E-state index contributed by atoms with van der Waals surface area (Å²) in [6.07, 6.45) is 7.77. The number of ether oxygens (including phenoxy) is 1. The van der Waals surface area contributed by atoms with Crippen LogP contribution in [0, 0.1) is 24.2 Å². The minimum absolute atomic E-state index is 0. The number of nitrogens with zero attached hydrogens (tertiary/aromatic N) is 1. The lowest BCUT2D eigenvalue weighted by atomic mass is 9.85. The molecule has 0 radical (unpaired) electrons. The number of benzene rings is 2. The highest BCUT2D eigenvalue weighted by Gasteiger charge is 2.26. The van der Waals surface area contributed by atoms with Gasteiger partial charge in [-0.1, -0.05) is 56.7 Å². The second-order valence-electron chi connectivity index (χ2n) is 10.2. The van der Waals surface area contributed by atoms with E-state index in [2.05, 4.69) is 57.7 Å². The Morgan fingerprint density at radius 2 is 1.81 bits per heavy atom. The Bertz CT molecular complexity index is 1130. The van der Waals surface area contributed by atoms with Gasteiger partial charge in [0.2, 0.25) is 0 Å².